The van der Waals surface area contributed by atoms with Crippen LogP contribution in [0.25, 0.3) is 11.4 Å². The molecule has 7 heteroatoms. The van der Waals surface area contributed by atoms with Crippen molar-refractivity contribution in [2.24, 2.45) is 5.73 Å². The van der Waals surface area contributed by atoms with Gasteiger partial charge in [-0.1, -0.05) is 35.0 Å². The number of hydrogen-bond acceptors (Lipinski definition) is 5. The van der Waals surface area contributed by atoms with E-state index in [1.807, 2.05) is 24.3 Å². The van der Waals surface area contributed by atoms with Gasteiger partial charge in [0, 0.05) is 16.7 Å². The molecule has 0 aliphatic heterocycles. The van der Waals surface area contributed by atoms with Crippen LogP contribution in [0.5, 0.6) is 5.75 Å². The highest BCUT2D eigenvalue weighted by atomic mass is 35.5. The van der Waals surface area contributed by atoms with E-state index in [-0.39, 0.29) is 5.76 Å². The lowest BCUT2D eigenvalue weighted by Crippen LogP contribution is -2.09. The van der Waals surface area contributed by atoms with E-state index in [4.69, 9.17) is 26.6 Å². The molecule has 3 aromatic rings. The van der Waals surface area contributed by atoms with Gasteiger partial charge in [-0.2, -0.15) is 0 Å². The Hall–Kier alpha value is -2.86. The second-order valence-electron chi connectivity index (χ2n) is 4.70. The molecule has 2 heterocycles. The summed E-state index contributed by atoms with van der Waals surface area (Å²) in [6, 6.07) is 12.4. The highest BCUT2D eigenvalue weighted by Crippen LogP contribution is 2.21. The van der Waals surface area contributed by atoms with Crippen molar-refractivity contribution < 1.29 is 14.1 Å². The van der Waals surface area contributed by atoms with Crippen LogP contribution >= 0.6 is 11.6 Å². The third-order valence-corrected chi connectivity index (χ3v) is 3.47. The number of nitrogens with zero attached hydrogens (tertiary/aromatic N) is 2. The topological polar surface area (TPSA) is 91.2 Å². The van der Waals surface area contributed by atoms with Crippen molar-refractivity contribution in [3.63, 3.8) is 0 Å². The monoisotopic (exact) mass is 329 g/mol. The van der Waals surface area contributed by atoms with E-state index >= 15 is 0 Å². The fraction of sp³-hybridized carbons (Fsp3) is 0.0625. The van der Waals surface area contributed by atoms with Gasteiger partial charge in [-0.05, 0) is 18.2 Å². The maximum atomic E-state index is 11.0. The van der Waals surface area contributed by atoms with Crippen molar-refractivity contribution in [3.8, 4) is 17.1 Å². The van der Waals surface area contributed by atoms with Gasteiger partial charge in [0.25, 0.3) is 5.91 Å². The van der Waals surface area contributed by atoms with Crippen molar-refractivity contribution in [2.45, 2.75) is 6.61 Å². The standard InChI is InChI=1S/C16H12ClN3O3/c17-12-4-2-1-3-10(12)9-22-11-5-6-13(19-8-11)14-7-15(16(18)21)23-20-14/h1-8H,9H2,(H2,18,21). The van der Waals surface area contributed by atoms with Gasteiger partial charge in [-0.25, -0.2) is 0 Å². The molecule has 0 unspecified atom stereocenters. The Morgan fingerprint density at radius 1 is 1.22 bits per heavy atom. The molecule has 0 bridgehead atoms. The molecular formula is C16H12ClN3O3. The summed E-state index contributed by atoms with van der Waals surface area (Å²) in [5, 5.41) is 4.40. The van der Waals surface area contributed by atoms with Crippen LogP contribution in [-0.4, -0.2) is 16.0 Å². The van der Waals surface area contributed by atoms with Crippen molar-refractivity contribution in [3.05, 3.63) is 65.0 Å². The van der Waals surface area contributed by atoms with E-state index in [1.165, 1.54) is 6.07 Å². The van der Waals surface area contributed by atoms with E-state index in [1.54, 1.807) is 18.3 Å². The number of amides is 1. The molecule has 1 amide bonds. The SMILES string of the molecule is NC(=O)c1cc(-c2ccc(OCc3ccccc3Cl)cn2)no1. The van der Waals surface area contributed by atoms with Crippen LogP contribution in [0.15, 0.2) is 53.2 Å². The summed E-state index contributed by atoms with van der Waals surface area (Å²) in [6.07, 6.45) is 1.56. The number of hydrogen-bond donors (Lipinski definition) is 1. The molecule has 1 aromatic carbocycles. The number of halogens is 1. The molecule has 0 fully saturated rings. The Bertz CT molecular complexity index is 831. The summed E-state index contributed by atoms with van der Waals surface area (Å²) in [5.41, 5.74) is 6.98. The number of pyridine rings is 1. The molecule has 0 radical (unpaired) electrons. The smallest absolute Gasteiger partial charge is 0.287 e. The van der Waals surface area contributed by atoms with Gasteiger partial charge in [0.15, 0.2) is 0 Å². The van der Waals surface area contributed by atoms with Gasteiger partial charge in [0.05, 0.1) is 11.9 Å². The van der Waals surface area contributed by atoms with Gasteiger partial charge >= 0.3 is 0 Å². The van der Waals surface area contributed by atoms with Crippen LogP contribution in [0, 0.1) is 0 Å². The van der Waals surface area contributed by atoms with E-state index in [2.05, 4.69) is 10.1 Å². The number of ether oxygens (including phenoxy) is 1. The van der Waals surface area contributed by atoms with Crippen molar-refractivity contribution in [2.75, 3.05) is 0 Å². The fourth-order valence-electron chi connectivity index (χ4n) is 1.91. The molecule has 0 atom stereocenters. The van der Waals surface area contributed by atoms with E-state index in [0.29, 0.717) is 28.8 Å². The number of aromatic nitrogens is 2. The van der Waals surface area contributed by atoms with Gasteiger partial charge in [-0.3, -0.25) is 9.78 Å². The minimum absolute atomic E-state index is 0.0131. The van der Waals surface area contributed by atoms with E-state index < -0.39 is 5.91 Å². The lowest BCUT2D eigenvalue weighted by molar-refractivity contribution is 0.0965. The number of benzene rings is 1. The molecular weight excluding hydrogens is 318 g/mol. The van der Waals surface area contributed by atoms with E-state index in [9.17, 15) is 4.79 Å². The van der Waals surface area contributed by atoms with Gasteiger partial charge < -0.3 is 15.0 Å². The van der Waals surface area contributed by atoms with Gasteiger partial charge in [0.2, 0.25) is 5.76 Å². The molecule has 23 heavy (non-hydrogen) atoms. The average Bonchev–Trinajstić information content (AvgIpc) is 3.05. The molecule has 0 spiro atoms. The van der Waals surface area contributed by atoms with Crippen LogP contribution in [-0.2, 0) is 6.61 Å². The summed E-state index contributed by atoms with van der Waals surface area (Å²) in [6.45, 7) is 0.344. The molecule has 0 saturated carbocycles. The van der Waals surface area contributed by atoms with Crippen LogP contribution in [0.1, 0.15) is 16.1 Å². The molecule has 0 saturated heterocycles. The number of primary amides is 1. The number of nitrogens with two attached hydrogens (primary N) is 1. The third kappa shape index (κ3) is 3.49. The average molecular weight is 330 g/mol. The quantitative estimate of drug-likeness (QED) is 0.776. The summed E-state index contributed by atoms with van der Waals surface area (Å²) in [4.78, 5) is 15.2. The zero-order valence-corrected chi connectivity index (χ0v) is 12.7. The largest absolute Gasteiger partial charge is 0.487 e. The first-order valence-corrected chi connectivity index (χ1v) is 7.10. The van der Waals surface area contributed by atoms with Crippen LogP contribution < -0.4 is 10.5 Å². The Morgan fingerprint density at radius 2 is 2.04 bits per heavy atom. The zero-order valence-electron chi connectivity index (χ0n) is 11.9. The highest BCUT2D eigenvalue weighted by Gasteiger charge is 2.11. The zero-order chi connectivity index (χ0) is 16.2. The maximum absolute atomic E-state index is 11.0. The Labute approximate surface area is 136 Å². The fourth-order valence-corrected chi connectivity index (χ4v) is 2.10. The molecule has 2 aromatic heterocycles. The summed E-state index contributed by atoms with van der Waals surface area (Å²) in [7, 11) is 0. The predicted octanol–water partition coefficient (Wildman–Crippen LogP) is 3.07. The first kappa shape index (κ1) is 15.1. The first-order chi connectivity index (χ1) is 11.1. The molecule has 6 nitrogen and oxygen atoms in total. The first-order valence-electron chi connectivity index (χ1n) is 6.72. The maximum Gasteiger partial charge on any atom is 0.287 e. The normalized spacial score (nSPS) is 10.5. The van der Waals surface area contributed by atoms with Crippen molar-refractivity contribution in [1.82, 2.24) is 10.1 Å². The minimum Gasteiger partial charge on any atom is -0.487 e. The molecule has 0 aliphatic rings. The Kier molecular flexibility index (Phi) is 4.25. The molecule has 0 aliphatic carbocycles. The number of carbonyl (C=O) groups is 1. The van der Waals surface area contributed by atoms with Crippen LogP contribution in [0.3, 0.4) is 0 Å². The molecule has 3 rings (SSSR count). The van der Waals surface area contributed by atoms with Crippen LogP contribution in [0.4, 0.5) is 0 Å². The Balaban J connectivity index is 1.69. The summed E-state index contributed by atoms with van der Waals surface area (Å²) >= 11 is 6.07. The second-order valence-corrected chi connectivity index (χ2v) is 5.11. The lowest BCUT2D eigenvalue weighted by atomic mass is 10.2. The summed E-state index contributed by atoms with van der Waals surface area (Å²) in [5.74, 6) is -0.100. The lowest BCUT2D eigenvalue weighted by Gasteiger charge is -2.07. The minimum atomic E-state index is -0.677. The number of carbonyl (C=O) groups excluding carboxylic acids is 1. The van der Waals surface area contributed by atoms with Gasteiger partial charge in [0.1, 0.15) is 18.1 Å². The number of rotatable bonds is 5. The molecule has 116 valence electrons. The van der Waals surface area contributed by atoms with Gasteiger partial charge in [-0.15, -0.1) is 0 Å². The van der Waals surface area contributed by atoms with Crippen LogP contribution in [0.2, 0.25) is 5.02 Å². The second kappa shape index (κ2) is 6.50. The summed E-state index contributed by atoms with van der Waals surface area (Å²) < 4.78 is 10.5. The molecule has 2 N–H and O–H groups in total. The third-order valence-electron chi connectivity index (χ3n) is 3.10. The van der Waals surface area contributed by atoms with E-state index in [0.717, 1.165) is 5.56 Å². The Morgan fingerprint density at radius 3 is 2.70 bits per heavy atom. The highest BCUT2D eigenvalue weighted by molar-refractivity contribution is 6.31. The van der Waals surface area contributed by atoms with Crippen molar-refractivity contribution in [1.29, 1.82) is 0 Å². The predicted molar refractivity (Wildman–Crippen MR) is 84.0 cm³/mol. The van der Waals surface area contributed by atoms with Crippen molar-refractivity contribution >= 4 is 17.5 Å².